The minimum Gasteiger partial charge on any atom is -0.383 e. The van der Waals surface area contributed by atoms with Gasteiger partial charge < -0.3 is 15.0 Å². The van der Waals surface area contributed by atoms with Gasteiger partial charge in [-0.1, -0.05) is 6.07 Å². The summed E-state index contributed by atoms with van der Waals surface area (Å²) < 4.78 is 5.04. The van der Waals surface area contributed by atoms with Gasteiger partial charge in [-0.25, -0.2) is 4.98 Å². The first-order valence-electron chi connectivity index (χ1n) is 7.30. The van der Waals surface area contributed by atoms with Crippen LogP contribution in [0.3, 0.4) is 0 Å². The molecule has 0 radical (unpaired) electrons. The zero-order valence-corrected chi connectivity index (χ0v) is 13.9. The zero-order valence-electron chi connectivity index (χ0n) is 12.2. The number of thiophene rings is 1. The van der Waals surface area contributed by atoms with E-state index >= 15 is 0 Å². The molecule has 0 saturated heterocycles. The molecular formula is C15H21N3OS2. The van der Waals surface area contributed by atoms with Crippen molar-refractivity contribution >= 4 is 27.8 Å². The van der Waals surface area contributed by atoms with Crippen LogP contribution in [0.1, 0.15) is 22.6 Å². The molecule has 2 aromatic heterocycles. The monoisotopic (exact) mass is 323 g/mol. The highest BCUT2D eigenvalue weighted by atomic mass is 32.1. The van der Waals surface area contributed by atoms with Crippen molar-refractivity contribution in [3.05, 3.63) is 33.5 Å². The summed E-state index contributed by atoms with van der Waals surface area (Å²) in [5.41, 5.74) is 0. The largest absolute Gasteiger partial charge is 0.383 e. The first kappa shape index (κ1) is 15.0. The van der Waals surface area contributed by atoms with Gasteiger partial charge in [0, 0.05) is 42.2 Å². The van der Waals surface area contributed by atoms with E-state index in [1.807, 2.05) is 17.5 Å². The fourth-order valence-corrected chi connectivity index (χ4v) is 3.86. The van der Waals surface area contributed by atoms with Crippen molar-refractivity contribution in [2.75, 3.05) is 25.2 Å². The van der Waals surface area contributed by atoms with Crippen LogP contribution in [0.5, 0.6) is 0 Å². The Morgan fingerprint density at radius 3 is 3.05 bits per heavy atom. The van der Waals surface area contributed by atoms with Crippen molar-refractivity contribution in [1.29, 1.82) is 0 Å². The first-order chi connectivity index (χ1) is 10.4. The topological polar surface area (TPSA) is 37.4 Å². The van der Waals surface area contributed by atoms with Crippen LogP contribution in [0.25, 0.3) is 0 Å². The average molecular weight is 323 g/mol. The van der Waals surface area contributed by atoms with E-state index in [4.69, 9.17) is 4.74 Å². The number of thiazole rings is 1. The Hall–Kier alpha value is -0.950. The van der Waals surface area contributed by atoms with Crippen LogP contribution < -0.4 is 10.2 Å². The molecule has 6 heteroatoms. The van der Waals surface area contributed by atoms with Gasteiger partial charge in [0.1, 0.15) is 0 Å². The number of hydrogen-bond donors (Lipinski definition) is 1. The molecule has 21 heavy (non-hydrogen) atoms. The number of aromatic nitrogens is 1. The predicted molar refractivity (Wildman–Crippen MR) is 89.2 cm³/mol. The van der Waals surface area contributed by atoms with Crippen molar-refractivity contribution < 1.29 is 4.74 Å². The smallest absolute Gasteiger partial charge is 0.186 e. The highest BCUT2D eigenvalue weighted by Gasteiger charge is 2.31. The van der Waals surface area contributed by atoms with E-state index in [-0.39, 0.29) is 0 Å². The summed E-state index contributed by atoms with van der Waals surface area (Å²) in [5, 5.41) is 6.68. The van der Waals surface area contributed by atoms with Gasteiger partial charge in [0.25, 0.3) is 0 Å². The second-order valence-corrected chi connectivity index (χ2v) is 7.34. The van der Waals surface area contributed by atoms with Crippen molar-refractivity contribution in [2.45, 2.75) is 32.0 Å². The second-order valence-electron chi connectivity index (χ2n) is 5.22. The number of ether oxygens (including phenoxy) is 1. The van der Waals surface area contributed by atoms with E-state index in [0.29, 0.717) is 6.04 Å². The van der Waals surface area contributed by atoms with Crippen LogP contribution in [0, 0.1) is 0 Å². The Morgan fingerprint density at radius 1 is 1.43 bits per heavy atom. The fraction of sp³-hybridized carbons (Fsp3) is 0.533. The molecule has 0 bridgehead atoms. The van der Waals surface area contributed by atoms with E-state index in [0.717, 1.165) is 31.4 Å². The second kappa shape index (κ2) is 7.35. The van der Waals surface area contributed by atoms with E-state index in [9.17, 15) is 0 Å². The fourth-order valence-electron chi connectivity index (χ4n) is 2.21. The number of hydrogen-bond acceptors (Lipinski definition) is 6. The molecule has 1 saturated carbocycles. The summed E-state index contributed by atoms with van der Waals surface area (Å²) in [6.45, 7) is 3.49. The summed E-state index contributed by atoms with van der Waals surface area (Å²) in [5.74, 6) is 0. The number of anilines is 1. The molecule has 1 fully saturated rings. The summed E-state index contributed by atoms with van der Waals surface area (Å²) in [6.07, 6.45) is 4.60. The van der Waals surface area contributed by atoms with Crippen molar-refractivity contribution in [1.82, 2.24) is 10.3 Å². The van der Waals surface area contributed by atoms with E-state index in [1.54, 1.807) is 18.4 Å². The first-order valence-corrected chi connectivity index (χ1v) is 9.00. The highest BCUT2D eigenvalue weighted by Crippen LogP contribution is 2.35. The summed E-state index contributed by atoms with van der Waals surface area (Å²) >= 11 is 3.63. The lowest BCUT2D eigenvalue weighted by Gasteiger charge is -2.20. The minimum atomic E-state index is 0.688. The summed E-state index contributed by atoms with van der Waals surface area (Å²) in [4.78, 5) is 9.81. The predicted octanol–water partition coefficient (Wildman–Crippen LogP) is 3.11. The van der Waals surface area contributed by atoms with Gasteiger partial charge in [-0.3, -0.25) is 0 Å². The van der Waals surface area contributed by atoms with Crippen LogP contribution in [0.2, 0.25) is 0 Å². The zero-order chi connectivity index (χ0) is 14.5. The maximum Gasteiger partial charge on any atom is 0.186 e. The van der Waals surface area contributed by atoms with Crippen molar-refractivity contribution in [2.24, 2.45) is 0 Å². The summed E-state index contributed by atoms with van der Waals surface area (Å²) in [7, 11) is 1.73. The third-order valence-electron chi connectivity index (χ3n) is 3.46. The highest BCUT2D eigenvalue weighted by molar-refractivity contribution is 7.15. The SMILES string of the molecule is COCCNCc1cnc(N(Cc2cccs2)C2CC2)s1. The molecule has 114 valence electrons. The van der Waals surface area contributed by atoms with Crippen LogP contribution in [-0.4, -0.2) is 31.3 Å². The van der Waals surface area contributed by atoms with Gasteiger partial charge in [0.05, 0.1) is 13.2 Å². The molecule has 0 amide bonds. The lowest BCUT2D eigenvalue weighted by atomic mass is 10.4. The molecule has 0 aromatic carbocycles. The Labute approximate surface area is 133 Å². The number of nitrogens with one attached hydrogen (secondary N) is 1. The lowest BCUT2D eigenvalue weighted by molar-refractivity contribution is 0.199. The molecule has 4 nitrogen and oxygen atoms in total. The molecule has 0 atom stereocenters. The molecule has 2 aromatic rings. The number of nitrogens with zero attached hydrogens (tertiary/aromatic N) is 2. The molecule has 0 spiro atoms. The lowest BCUT2D eigenvalue weighted by Crippen LogP contribution is -2.24. The molecule has 1 aliphatic carbocycles. The van der Waals surface area contributed by atoms with Gasteiger partial charge in [0.2, 0.25) is 0 Å². The van der Waals surface area contributed by atoms with Crippen LogP contribution in [0.4, 0.5) is 5.13 Å². The third-order valence-corrected chi connectivity index (χ3v) is 5.36. The van der Waals surface area contributed by atoms with Gasteiger partial charge in [-0.2, -0.15) is 0 Å². The average Bonchev–Trinajstić information content (AvgIpc) is 3.01. The minimum absolute atomic E-state index is 0.688. The molecule has 2 heterocycles. The maximum absolute atomic E-state index is 5.04. The van der Waals surface area contributed by atoms with Gasteiger partial charge >= 0.3 is 0 Å². The Bertz CT molecular complexity index is 537. The Kier molecular flexibility index (Phi) is 5.24. The molecule has 1 N–H and O–H groups in total. The number of rotatable bonds is 9. The Morgan fingerprint density at radius 2 is 2.33 bits per heavy atom. The molecule has 1 aliphatic rings. The third kappa shape index (κ3) is 4.26. The van der Waals surface area contributed by atoms with Gasteiger partial charge in [0.15, 0.2) is 5.13 Å². The molecule has 3 rings (SSSR count). The summed E-state index contributed by atoms with van der Waals surface area (Å²) in [6, 6.07) is 5.02. The quantitative estimate of drug-likeness (QED) is 0.720. The van der Waals surface area contributed by atoms with Gasteiger partial charge in [-0.05, 0) is 24.3 Å². The van der Waals surface area contributed by atoms with Crippen LogP contribution in [-0.2, 0) is 17.8 Å². The van der Waals surface area contributed by atoms with E-state index < -0.39 is 0 Å². The maximum atomic E-state index is 5.04. The van der Waals surface area contributed by atoms with E-state index in [2.05, 4.69) is 32.7 Å². The van der Waals surface area contributed by atoms with Crippen molar-refractivity contribution in [3.8, 4) is 0 Å². The molecule has 0 unspecified atom stereocenters. The van der Waals surface area contributed by atoms with Gasteiger partial charge in [-0.15, -0.1) is 22.7 Å². The van der Waals surface area contributed by atoms with Crippen LogP contribution in [0.15, 0.2) is 23.7 Å². The Balaban J connectivity index is 1.59. The van der Waals surface area contributed by atoms with Crippen LogP contribution >= 0.6 is 22.7 Å². The van der Waals surface area contributed by atoms with Crippen molar-refractivity contribution in [3.63, 3.8) is 0 Å². The number of methoxy groups -OCH3 is 1. The standard InChI is InChI=1S/C15H21N3OS2/c1-19-7-6-16-9-14-10-17-15(21-14)18(12-4-5-12)11-13-3-2-8-20-13/h2-3,8,10,12,16H,4-7,9,11H2,1H3. The molecule has 0 aliphatic heterocycles. The van der Waals surface area contributed by atoms with E-state index in [1.165, 1.54) is 22.6 Å². The normalized spacial score (nSPS) is 14.5. The molecular weight excluding hydrogens is 302 g/mol.